The number of benzene rings is 1. The van der Waals surface area contributed by atoms with Crippen LogP contribution in [0.25, 0.3) is 0 Å². The highest BCUT2D eigenvalue weighted by molar-refractivity contribution is 6.35. The highest BCUT2D eigenvalue weighted by atomic mass is 35.5. The number of hydrogen-bond donors (Lipinski definition) is 1. The van der Waals surface area contributed by atoms with Crippen molar-refractivity contribution in [2.75, 3.05) is 5.32 Å². The second-order valence-corrected chi connectivity index (χ2v) is 4.99. The third kappa shape index (κ3) is 3.00. The van der Waals surface area contributed by atoms with E-state index in [0.717, 1.165) is 0 Å². The van der Waals surface area contributed by atoms with Gasteiger partial charge in [0.25, 0.3) is 0 Å². The minimum Gasteiger partial charge on any atom is -0.339 e. The maximum Gasteiger partial charge on any atom is 0.160 e. The fraction of sp³-hybridized carbons (Fsp3) is 0.0833. The van der Waals surface area contributed by atoms with E-state index in [1.807, 2.05) is 0 Å². The first-order valence-corrected chi connectivity index (χ1v) is 6.46. The lowest BCUT2D eigenvalue weighted by atomic mass is 10.2. The maximum absolute atomic E-state index is 13.3. The summed E-state index contributed by atoms with van der Waals surface area (Å²) in [7, 11) is 0. The molecule has 1 aromatic carbocycles. The quantitative estimate of drug-likeness (QED) is 0.512. The van der Waals surface area contributed by atoms with E-state index in [4.69, 9.17) is 34.8 Å². The number of nitrogens with one attached hydrogen (secondary N) is 1. The van der Waals surface area contributed by atoms with Gasteiger partial charge in [-0.1, -0.05) is 34.8 Å². The Kier molecular flexibility index (Phi) is 4.42. The van der Waals surface area contributed by atoms with Gasteiger partial charge in [-0.05, 0) is 19.1 Å². The van der Waals surface area contributed by atoms with Gasteiger partial charge < -0.3 is 5.32 Å². The molecule has 2 aromatic rings. The molecule has 0 unspecified atom stereocenters. The molecule has 4 nitrogen and oxygen atoms in total. The number of nitrogens with zero attached hydrogens (tertiary/aromatic N) is 2. The van der Waals surface area contributed by atoms with Gasteiger partial charge in [0.1, 0.15) is 16.8 Å². The third-order valence-corrected chi connectivity index (χ3v) is 3.21. The van der Waals surface area contributed by atoms with Crippen LogP contribution in [0.3, 0.4) is 0 Å². The minimum atomic E-state index is -0.716. The Balaban J connectivity index is 2.47. The molecule has 0 radical (unpaired) electrons. The Morgan fingerprint density at radius 3 is 2.35 bits per heavy atom. The largest absolute Gasteiger partial charge is 0.339 e. The van der Waals surface area contributed by atoms with E-state index in [2.05, 4.69) is 15.3 Å². The van der Waals surface area contributed by atoms with Crippen LogP contribution >= 0.6 is 34.8 Å². The fourth-order valence-corrected chi connectivity index (χ4v) is 2.25. The van der Waals surface area contributed by atoms with E-state index in [9.17, 15) is 9.18 Å². The number of hydrogen-bond acceptors (Lipinski definition) is 4. The number of aryl methyl sites for hydroxylation is 1. The van der Waals surface area contributed by atoms with Crippen molar-refractivity contribution in [3.05, 3.63) is 44.5 Å². The van der Waals surface area contributed by atoms with Crippen molar-refractivity contribution in [2.45, 2.75) is 6.92 Å². The molecule has 0 aliphatic carbocycles. The molecule has 1 N–H and O–H groups in total. The normalized spacial score (nSPS) is 10.4. The molecule has 0 bridgehead atoms. The molecule has 0 aliphatic rings. The number of aldehydes is 1. The van der Waals surface area contributed by atoms with Crippen LogP contribution in [0.15, 0.2) is 12.1 Å². The standard InChI is InChI=1S/C12H7Cl3FN3O/c1-5-17-11(15)7(4-20)12(18-5)19-6-2-8(13)10(16)9(14)3-6/h2-4H,1H3,(H,17,18,19). The smallest absolute Gasteiger partial charge is 0.160 e. The van der Waals surface area contributed by atoms with E-state index < -0.39 is 5.82 Å². The third-order valence-electron chi connectivity index (χ3n) is 2.38. The summed E-state index contributed by atoms with van der Waals surface area (Å²) in [6, 6.07) is 2.64. The summed E-state index contributed by atoms with van der Waals surface area (Å²) < 4.78 is 13.3. The van der Waals surface area contributed by atoms with E-state index >= 15 is 0 Å². The van der Waals surface area contributed by atoms with Gasteiger partial charge in [0.2, 0.25) is 0 Å². The summed E-state index contributed by atoms with van der Waals surface area (Å²) in [5, 5.41) is 2.54. The van der Waals surface area contributed by atoms with Gasteiger partial charge in [-0.3, -0.25) is 4.79 Å². The summed E-state index contributed by atoms with van der Waals surface area (Å²) in [4.78, 5) is 19.0. The molecular formula is C12H7Cl3FN3O. The lowest BCUT2D eigenvalue weighted by Gasteiger charge is -2.10. The van der Waals surface area contributed by atoms with Crippen LogP contribution in [0.5, 0.6) is 0 Å². The molecule has 0 saturated carbocycles. The number of carbonyl (C=O) groups is 1. The van der Waals surface area contributed by atoms with Crippen LogP contribution < -0.4 is 5.32 Å². The van der Waals surface area contributed by atoms with Crippen LogP contribution in [0, 0.1) is 12.7 Å². The monoisotopic (exact) mass is 333 g/mol. The second kappa shape index (κ2) is 5.91. The second-order valence-electron chi connectivity index (χ2n) is 3.82. The number of aromatic nitrogens is 2. The summed E-state index contributed by atoms with van der Waals surface area (Å²) in [6.07, 6.45) is 0.525. The van der Waals surface area contributed by atoms with Crippen molar-refractivity contribution in [2.24, 2.45) is 0 Å². The zero-order valence-corrected chi connectivity index (χ0v) is 12.3. The molecule has 0 spiro atoms. The van der Waals surface area contributed by atoms with Gasteiger partial charge in [-0.2, -0.15) is 0 Å². The summed E-state index contributed by atoms with van der Waals surface area (Å²) in [6.45, 7) is 1.62. The van der Waals surface area contributed by atoms with Crippen LogP contribution in [0.4, 0.5) is 15.9 Å². The predicted molar refractivity (Wildman–Crippen MR) is 76.9 cm³/mol. The van der Waals surface area contributed by atoms with E-state index in [1.165, 1.54) is 12.1 Å². The van der Waals surface area contributed by atoms with E-state index in [-0.39, 0.29) is 26.6 Å². The van der Waals surface area contributed by atoms with Gasteiger partial charge in [-0.25, -0.2) is 14.4 Å². The van der Waals surface area contributed by atoms with E-state index in [1.54, 1.807) is 6.92 Å². The summed E-state index contributed by atoms with van der Waals surface area (Å²) in [5.41, 5.74) is 0.465. The van der Waals surface area contributed by atoms with Crippen LogP contribution in [-0.4, -0.2) is 16.3 Å². The molecule has 20 heavy (non-hydrogen) atoms. The molecule has 104 valence electrons. The molecule has 0 atom stereocenters. The Morgan fingerprint density at radius 1 is 1.20 bits per heavy atom. The lowest BCUT2D eigenvalue weighted by molar-refractivity contribution is 0.112. The van der Waals surface area contributed by atoms with Crippen molar-refractivity contribution in [3.63, 3.8) is 0 Å². The van der Waals surface area contributed by atoms with Gasteiger partial charge in [0.15, 0.2) is 12.1 Å². The van der Waals surface area contributed by atoms with Gasteiger partial charge in [0.05, 0.1) is 15.6 Å². The molecule has 1 heterocycles. The number of anilines is 2. The SMILES string of the molecule is Cc1nc(Cl)c(C=O)c(Nc2cc(Cl)c(F)c(Cl)c2)n1. The maximum atomic E-state index is 13.3. The average Bonchev–Trinajstić information content (AvgIpc) is 2.35. The van der Waals surface area contributed by atoms with Crippen LogP contribution in [0.1, 0.15) is 16.2 Å². The molecule has 1 aromatic heterocycles. The first-order chi connectivity index (χ1) is 9.42. The van der Waals surface area contributed by atoms with E-state index in [0.29, 0.717) is 17.8 Å². The zero-order valence-electron chi connectivity index (χ0n) is 10.0. The van der Waals surface area contributed by atoms with Gasteiger partial charge in [0, 0.05) is 5.69 Å². The predicted octanol–water partition coefficient (Wildman–Crippen LogP) is 4.44. The van der Waals surface area contributed by atoms with Crippen LogP contribution in [0.2, 0.25) is 15.2 Å². The Hall–Kier alpha value is -1.43. The Bertz CT molecular complexity index is 671. The summed E-state index contributed by atoms with van der Waals surface area (Å²) >= 11 is 17.2. The Labute approximate surface area is 128 Å². The van der Waals surface area contributed by atoms with Crippen LogP contribution in [-0.2, 0) is 0 Å². The molecular weight excluding hydrogens is 328 g/mol. The first kappa shape index (κ1) is 15.0. The molecule has 0 saturated heterocycles. The van der Waals surface area contributed by atoms with Gasteiger partial charge >= 0.3 is 0 Å². The first-order valence-electron chi connectivity index (χ1n) is 5.33. The molecule has 2 rings (SSSR count). The highest BCUT2D eigenvalue weighted by Gasteiger charge is 2.13. The number of carbonyl (C=O) groups excluding carboxylic acids is 1. The van der Waals surface area contributed by atoms with Crippen molar-refractivity contribution < 1.29 is 9.18 Å². The molecule has 0 aliphatic heterocycles. The topological polar surface area (TPSA) is 54.9 Å². The van der Waals surface area contributed by atoms with Crippen molar-refractivity contribution in [1.29, 1.82) is 0 Å². The van der Waals surface area contributed by atoms with Gasteiger partial charge in [-0.15, -0.1) is 0 Å². The van der Waals surface area contributed by atoms with Crippen molar-refractivity contribution in [1.82, 2.24) is 9.97 Å². The number of rotatable bonds is 3. The molecule has 0 amide bonds. The highest BCUT2D eigenvalue weighted by Crippen LogP contribution is 2.30. The zero-order chi connectivity index (χ0) is 14.9. The average molecular weight is 335 g/mol. The lowest BCUT2D eigenvalue weighted by Crippen LogP contribution is -2.03. The Morgan fingerprint density at radius 2 is 1.80 bits per heavy atom. The molecule has 8 heteroatoms. The number of halogens is 4. The van der Waals surface area contributed by atoms with Crippen molar-refractivity contribution >= 4 is 52.6 Å². The van der Waals surface area contributed by atoms with Crippen molar-refractivity contribution in [3.8, 4) is 0 Å². The minimum absolute atomic E-state index is 0.0225. The molecule has 0 fully saturated rings. The summed E-state index contributed by atoms with van der Waals surface area (Å²) in [5.74, 6) is -0.148. The fourth-order valence-electron chi connectivity index (χ4n) is 1.51.